The number of hydrogen-bond acceptors (Lipinski definition) is 3. The van der Waals surface area contributed by atoms with Gasteiger partial charge in [0.2, 0.25) is 6.41 Å². The van der Waals surface area contributed by atoms with Gasteiger partial charge in [-0.1, -0.05) is 0 Å². The van der Waals surface area contributed by atoms with E-state index in [1.165, 1.54) is 0 Å². The largest absolute Gasteiger partial charge is 0.357 e. The van der Waals surface area contributed by atoms with E-state index in [1.54, 1.807) is 0 Å². The maximum absolute atomic E-state index is 9.91. The van der Waals surface area contributed by atoms with Crippen molar-refractivity contribution in [1.29, 1.82) is 0 Å². The highest BCUT2D eigenvalue weighted by Crippen LogP contribution is 1.81. The molecule has 72 valence electrons. The molecule has 0 radical (unpaired) electrons. The Morgan fingerprint density at radius 3 is 2.33 bits per heavy atom. The number of amides is 1. The van der Waals surface area contributed by atoms with Crippen LogP contribution in [0.5, 0.6) is 0 Å². The van der Waals surface area contributed by atoms with E-state index in [9.17, 15) is 4.79 Å². The van der Waals surface area contributed by atoms with Crippen LogP contribution in [-0.2, 0) is 4.79 Å². The predicted octanol–water partition coefficient (Wildman–Crippen LogP) is -0.774. The van der Waals surface area contributed by atoms with Gasteiger partial charge in [-0.05, 0) is 21.1 Å². The van der Waals surface area contributed by atoms with Gasteiger partial charge in [0, 0.05) is 26.2 Å². The summed E-state index contributed by atoms with van der Waals surface area (Å²) in [6.45, 7) is 3.73. The summed E-state index contributed by atoms with van der Waals surface area (Å²) in [6.07, 6.45) is 0.736. The van der Waals surface area contributed by atoms with Gasteiger partial charge in [-0.15, -0.1) is 0 Å². The molecule has 0 aromatic heterocycles. The van der Waals surface area contributed by atoms with Crippen molar-refractivity contribution in [2.75, 3.05) is 47.3 Å². The molecule has 0 heterocycles. The second-order valence-electron chi connectivity index (χ2n) is 3.18. The maximum atomic E-state index is 9.91. The number of carbonyl (C=O) groups is 1. The highest BCUT2D eigenvalue weighted by atomic mass is 16.1. The van der Waals surface area contributed by atoms with Crippen LogP contribution in [0, 0.1) is 0 Å². The Morgan fingerprint density at radius 1 is 1.17 bits per heavy atom. The second kappa shape index (κ2) is 7.06. The maximum Gasteiger partial charge on any atom is 0.207 e. The average molecular weight is 173 g/mol. The standard InChI is InChI=1S/C8H19N3O/c1-10(2)6-7-11(3)5-4-9-8-12/h8H,4-7H2,1-3H3,(H,9,12). The van der Waals surface area contributed by atoms with Crippen LogP contribution in [0.3, 0.4) is 0 Å². The van der Waals surface area contributed by atoms with Gasteiger partial charge in [0.25, 0.3) is 0 Å². The van der Waals surface area contributed by atoms with Crippen LogP contribution in [-0.4, -0.2) is 63.5 Å². The minimum absolute atomic E-state index is 0.730. The smallest absolute Gasteiger partial charge is 0.207 e. The molecule has 0 aromatic rings. The van der Waals surface area contributed by atoms with E-state index in [4.69, 9.17) is 0 Å². The van der Waals surface area contributed by atoms with Gasteiger partial charge in [-0.2, -0.15) is 0 Å². The van der Waals surface area contributed by atoms with Crippen LogP contribution < -0.4 is 5.32 Å². The second-order valence-corrected chi connectivity index (χ2v) is 3.18. The average Bonchev–Trinajstić information content (AvgIpc) is 2.01. The summed E-state index contributed by atoms with van der Waals surface area (Å²) < 4.78 is 0. The summed E-state index contributed by atoms with van der Waals surface area (Å²) >= 11 is 0. The van der Waals surface area contributed by atoms with Crippen molar-refractivity contribution in [2.45, 2.75) is 0 Å². The summed E-state index contributed by atoms with van der Waals surface area (Å²) in [7, 11) is 6.16. The molecule has 0 fully saturated rings. The molecule has 12 heavy (non-hydrogen) atoms. The lowest BCUT2D eigenvalue weighted by atomic mass is 10.5. The Balaban J connectivity index is 3.21. The van der Waals surface area contributed by atoms with Gasteiger partial charge in [0.15, 0.2) is 0 Å². The topological polar surface area (TPSA) is 35.6 Å². The Kier molecular flexibility index (Phi) is 6.70. The first kappa shape index (κ1) is 11.4. The molecule has 0 aliphatic heterocycles. The number of hydrogen-bond donors (Lipinski definition) is 1. The summed E-state index contributed by atoms with van der Waals surface area (Å²) in [4.78, 5) is 14.2. The summed E-state index contributed by atoms with van der Waals surface area (Å²) in [5, 5.41) is 2.63. The lowest BCUT2D eigenvalue weighted by molar-refractivity contribution is -0.109. The number of rotatable bonds is 7. The van der Waals surface area contributed by atoms with Crippen LogP contribution in [0.4, 0.5) is 0 Å². The third-order valence-corrected chi connectivity index (χ3v) is 1.65. The van der Waals surface area contributed by atoms with Crippen molar-refractivity contribution in [3.05, 3.63) is 0 Å². The zero-order valence-corrected chi connectivity index (χ0v) is 8.21. The molecule has 0 aromatic carbocycles. The van der Waals surface area contributed by atoms with Crippen LogP contribution in [0.15, 0.2) is 0 Å². The summed E-state index contributed by atoms with van der Waals surface area (Å²) in [5.74, 6) is 0. The van der Waals surface area contributed by atoms with E-state index in [1.807, 2.05) is 0 Å². The van der Waals surface area contributed by atoms with E-state index in [-0.39, 0.29) is 0 Å². The predicted molar refractivity (Wildman–Crippen MR) is 50.1 cm³/mol. The van der Waals surface area contributed by atoms with Crippen LogP contribution in [0.1, 0.15) is 0 Å². The van der Waals surface area contributed by atoms with Crippen molar-refractivity contribution in [3.8, 4) is 0 Å². The van der Waals surface area contributed by atoms with Gasteiger partial charge in [0.1, 0.15) is 0 Å². The molecule has 4 heteroatoms. The van der Waals surface area contributed by atoms with Crippen molar-refractivity contribution < 1.29 is 4.79 Å². The zero-order valence-electron chi connectivity index (χ0n) is 8.21. The van der Waals surface area contributed by atoms with Crippen LogP contribution in [0.25, 0.3) is 0 Å². The molecule has 0 spiro atoms. The molecule has 1 N–H and O–H groups in total. The van der Waals surface area contributed by atoms with Crippen molar-refractivity contribution in [2.24, 2.45) is 0 Å². The van der Waals surface area contributed by atoms with E-state index < -0.39 is 0 Å². The fraction of sp³-hybridized carbons (Fsp3) is 0.875. The van der Waals surface area contributed by atoms with E-state index >= 15 is 0 Å². The lowest BCUT2D eigenvalue weighted by Crippen LogP contribution is -2.33. The molecule has 0 aliphatic rings. The Hall–Kier alpha value is -0.610. The quantitative estimate of drug-likeness (QED) is 0.405. The normalized spacial score (nSPS) is 10.8. The minimum atomic E-state index is 0.730. The number of likely N-dealkylation sites (N-methyl/N-ethyl adjacent to an activating group) is 2. The molecule has 0 bridgehead atoms. The lowest BCUT2D eigenvalue weighted by Gasteiger charge is -2.18. The Bertz CT molecular complexity index is 117. The molecule has 0 saturated heterocycles. The van der Waals surface area contributed by atoms with Gasteiger partial charge >= 0.3 is 0 Å². The Labute approximate surface area is 74.5 Å². The minimum Gasteiger partial charge on any atom is -0.357 e. The van der Waals surface area contributed by atoms with Crippen LogP contribution in [0.2, 0.25) is 0 Å². The first-order chi connectivity index (χ1) is 5.66. The van der Waals surface area contributed by atoms with Gasteiger partial charge < -0.3 is 15.1 Å². The van der Waals surface area contributed by atoms with Crippen molar-refractivity contribution in [3.63, 3.8) is 0 Å². The monoisotopic (exact) mass is 173 g/mol. The fourth-order valence-electron chi connectivity index (χ4n) is 0.797. The molecule has 0 unspecified atom stereocenters. The van der Waals surface area contributed by atoms with E-state index in [0.29, 0.717) is 0 Å². The molecular formula is C8H19N3O. The molecule has 1 amide bonds. The van der Waals surface area contributed by atoms with Gasteiger partial charge in [-0.3, -0.25) is 4.79 Å². The highest BCUT2D eigenvalue weighted by Gasteiger charge is 1.97. The van der Waals surface area contributed by atoms with E-state index in [2.05, 4.69) is 36.3 Å². The first-order valence-electron chi connectivity index (χ1n) is 4.17. The first-order valence-corrected chi connectivity index (χ1v) is 4.17. The van der Waals surface area contributed by atoms with Crippen molar-refractivity contribution in [1.82, 2.24) is 15.1 Å². The fourth-order valence-corrected chi connectivity index (χ4v) is 0.797. The molecule has 0 atom stereocenters. The highest BCUT2D eigenvalue weighted by molar-refractivity contribution is 5.45. The Morgan fingerprint density at radius 2 is 1.83 bits per heavy atom. The molecule has 4 nitrogen and oxygen atoms in total. The number of nitrogens with one attached hydrogen (secondary N) is 1. The third kappa shape index (κ3) is 7.50. The van der Waals surface area contributed by atoms with E-state index in [0.717, 1.165) is 32.6 Å². The third-order valence-electron chi connectivity index (χ3n) is 1.65. The molecular weight excluding hydrogens is 154 g/mol. The SMILES string of the molecule is CN(C)CCN(C)CCNC=O. The zero-order chi connectivity index (χ0) is 9.40. The number of nitrogens with zero attached hydrogens (tertiary/aromatic N) is 2. The summed E-state index contributed by atoms with van der Waals surface area (Å²) in [6, 6.07) is 0. The summed E-state index contributed by atoms with van der Waals surface area (Å²) in [5.41, 5.74) is 0. The van der Waals surface area contributed by atoms with Crippen molar-refractivity contribution >= 4 is 6.41 Å². The number of carbonyl (C=O) groups excluding carboxylic acids is 1. The molecule has 0 aliphatic carbocycles. The molecule has 0 saturated carbocycles. The van der Waals surface area contributed by atoms with Gasteiger partial charge in [0.05, 0.1) is 0 Å². The van der Waals surface area contributed by atoms with Gasteiger partial charge in [-0.25, -0.2) is 0 Å². The molecule has 0 rings (SSSR count). The van der Waals surface area contributed by atoms with Crippen LogP contribution >= 0.6 is 0 Å².